The summed E-state index contributed by atoms with van der Waals surface area (Å²) >= 11 is 0. The molecule has 2 N–H and O–H groups in total. The fraction of sp³-hybridized carbons (Fsp3) is 0.174. The van der Waals surface area contributed by atoms with Crippen molar-refractivity contribution in [3.05, 3.63) is 95.6 Å². The summed E-state index contributed by atoms with van der Waals surface area (Å²) in [6.07, 6.45) is 0. The van der Waals surface area contributed by atoms with E-state index in [2.05, 4.69) is 17.0 Å². The first-order chi connectivity index (χ1) is 13.9. The van der Waals surface area contributed by atoms with E-state index < -0.39 is 10.0 Å². The quantitative estimate of drug-likeness (QED) is 0.611. The molecule has 5 nitrogen and oxygen atoms in total. The van der Waals surface area contributed by atoms with E-state index in [1.165, 1.54) is 12.1 Å². The average Bonchev–Trinajstić information content (AvgIpc) is 2.74. The molecule has 150 valence electrons. The Morgan fingerprint density at radius 1 is 0.931 bits per heavy atom. The smallest absolute Gasteiger partial charge is 0.261 e. The van der Waals surface area contributed by atoms with E-state index in [4.69, 9.17) is 0 Å². The molecule has 0 radical (unpaired) electrons. The summed E-state index contributed by atoms with van der Waals surface area (Å²) in [6, 6.07) is 23.1. The van der Waals surface area contributed by atoms with E-state index in [1.807, 2.05) is 30.3 Å². The molecule has 6 heteroatoms. The molecular weight excluding hydrogens is 384 g/mol. The van der Waals surface area contributed by atoms with Crippen molar-refractivity contribution in [3.8, 4) is 0 Å². The highest BCUT2D eigenvalue weighted by molar-refractivity contribution is 7.92. The summed E-state index contributed by atoms with van der Waals surface area (Å²) in [7, 11) is -3.67. The van der Waals surface area contributed by atoms with Gasteiger partial charge in [0.05, 0.1) is 10.6 Å². The molecule has 0 saturated carbocycles. The number of carbonyl (C=O) groups is 1. The molecule has 3 aromatic rings. The van der Waals surface area contributed by atoms with Crippen LogP contribution < -0.4 is 10.0 Å². The van der Waals surface area contributed by atoms with Crippen molar-refractivity contribution in [2.75, 3.05) is 11.3 Å². The molecule has 0 saturated heterocycles. The first kappa shape index (κ1) is 20.6. The van der Waals surface area contributed by atoms with Crippen LogP contribution in [0.2, 0.25) is 0 Å². The topological polar surface area (TPSA) is 75.3 Å². The summed E-state index contributed by atoms with van der Waals surface area (Å²) < 4.78 is 27.6. The fourth-order valence-corrected chi connectivity index (χ4v) is 4.12. The summed E-state index contributed by atoms with van der Waals surface area (Å²) in [4.78, 5) is 12.7. The lowest BCUT2D eigenvalue weighted by atomic mass is 10.0. The standard InChI is InChI=1S/C23H24N2O3S/c1-17-15-20(23(26)24-16-18(2)19-9-5-3-6-10-19)13-14-22(17)25-29(27,28)21-11-7-4-8-12-21/h3-15,18,25H,16H2,1-2H3,(H,24,26)/t18-/m1/s1. The van der Waals surface area contributed by atoms with Crippen LogP contribution in [0.15, 0.2) is 83.8 Å². The molecule has 0 fully saturated rings. The van der Waals surface area contributed by atoms with E-state index in [0.717, 1.165) is 5.56 Å². The van der Waals surface area contributed by atoms with Gasteiger partial charge in [0.25, 0.3) is 15.9 Å². The Morgan fingerprint density at radius 3 is 2.17 bits per heavy atom. The Balaban J connectivity index is 1.66. The van der Waals surface area contributed by atoms with Crippen molar-refractivity contribution >= 4 is 21.6 Å². The molecule has 0 aliphatic rings. The number of hydrogen-bond acceptors (Lipinski definition) is 3. The third kappa shape index (κ3) is 5.23. The number of anilines is 1. The highest BCUT2D eigenvalue weighted by atomic mass is 32.2. The number of hydrogen-bond donors (Lipinski definition) is 2. The Bertz CT molecular complexity index is 1080. The summed E-state index contributed by atoms with van der Waals surface area (Å²) in [6.45, 7) is 4.35. The minimum atomic E-state index is -3.67. The van der Waals surface area contributed by atoms with Crippen molar-refractivity contribution in [2.45, 2.75) is 24.7 Å². The van der Waals surface area contributed by atoms with Crippen molar-refractivity contribution in [2.24, 2.45) is 0 Å². The van der Waals surface area contributed by atoms with Crippen molar-refractivity contribution in [1.29, 1.82) is 0 Å². The van der Waals surface area contributed by atoms with Gasteiger partial charge in [-0.05, 0) is 54.3 Å². The monoisotopic (exact) mass is 408 g/mol. The van der Waals surface area contributed by atoms with Gasteiger partial charge in [0.1, 0.15) is 0 Å². The molecule has 1 amide bonds. The lowest BCUT2D eigenvalue weighted by Gasteiger charge is -2.14. The van der Waals surface area contributed by atoms with Crippen LogP contribution in [0.5, 0.6) is 0 Å². The number of amides is 1. The first-order valence-electron chi connectivity index (χ1n) is 9.38. The first-order valence-corrected chi connectivity index (χ1v) is 10.9. The van der Waals surface area contributed by atoms with Crippen LogP contribution in [0, 0.1) is 6.92 Å². The maximum atomic E-state index is 12.5. The molecule has 0 bridgehead atoms. The van der Waals surface area contributed by atoms with Crippen LogP contribution in [-0.4, -0.2) is 20.9 Å². The van der Waals surface area contributed by atoms with Crippen LogP contribution in [-0.2, 0) is 10.0 Å². The maximum absolute atomic E-state index is 12.5. The van der Waals surface area contributed by atoms with Gasteiger partial charge in [0, 0.05) is 12.1 Å². The minimum absolute atomic E-state index is 0.187. The van der Waals surface area contributed by atoms with Gasteiger partial charge in [-0.1, -0.05) is 55.5 Å². The second-order valence-corrected chi connectivity index (χ2v) is 8.65. The normalized spacial score (nSPS) is 12.2. The Morgan fingerprint density at radius 2 is 1.55 bits per heavy atom. The molecule has 0 aliphatic carbocycles. The second kappa shape index (κ2) is 8.92. The summed E-state index contributed by atoms with van der Waals surface area (Å²) in [5.41, 5.74) is 2.77. The molecule has 3 rings (SSSR count). The van der Waals surface area contributed by atoms with Gasteiger partial charge in [0.2, 0.25) is 0 Å². The lowest BCUT2D eigenvalue weighted by molar-refractivity contribution is 0.0951. The predicted molar refractivity (Wildman–Crippen MR) is 116 cm³/mol. The van der Waals surface area contributed by atoms with Gasteiger partial charge < -0.3 is 5.32 Å². The molecule has 0 aromatic heterocycles. The molecule has 3 aromatic carbocycles. The zero-order valence-electron chi connectivity index (χ0n) is 16.4. The second-order valence-electron chi connectivity index (χ2n) is 6.97. The van der Waals surface area contributed by atoms with Crippen molar-refractivity contribution in [1.82, 2.24) is 5.32 Å². The molecular formula is C23H24N2O3S. The van der Waals surface area contributed by atoms with E-state index >= 15 is 0 Å². The van der Waals surface area contributed by atoms with Crippen LogP contribution in [0.4, 0.5) is 5.69 Å². The maximum Gasteiger partial charge on any atom is 0.261 e. The molecule has 0 aliphatic heterocycles. The summed E-state index contributed by atoms with van der Waals surface area (Å²) in [5, 5.41) is 2.94. The van der Waals surface area contributed by atoms with E-state index in [-0.39, 0.29) is 16.7 Å². The fourth-order valence-electron chi connectivity index (χ4n) is 2.97. The van der Waals surface area contributed by atoms with Gasteiger partial charge in [-0.3, -0.25) is 9.52 Å². The number of sulfonamides is 1. The van der Waals surface area contributed by atoms with E-state index in [1.54, 1.807) is 43.3 Å². The zero-order chi connectivity index (χ0) is 20.9. The third-order valence-corrected chi connectivity index (χ3v) is 6.11. The lowest BCUT2D eigenvalue weighted by Crippen LogP contribution is -2.27. The van der Waals surface area contributed by atoms with Crippen LogP contribution >= 0.6 is 0 Å². The Kier molecular flexibility index (Phi) is 6.34. The molecule has 1 atom stereocenters. The average molecular weight is 409 g/mol. The number of nitrogens with one attached hydrogen (secondary N) is 2. The Hall–Kier alpha value is -3.12. The number of rotatable bonds is 7. The highest BCUT2D eigenvalue weighted by Gasteiger charge is 2.16. The number of benzene rings is 3. The van der Waals surface area contributed by atoms with Gasteiger partial charge in [-0.25, -0.2) is 8.42 Å². The minimum Gasteiger partial charge on any atom is -0.351 e. The summed E-state index contributed by atoms with van der Waals surface area (Å²) in [5.74, 6) is 0.00606. The predicted octanol–water partition coefficient (Wildman–Crippen LogP) is 4.33. The van der Waals surface area contributed by atoms with Gasteiger partial charge in [0.15, 0.2) is 0 Å². The molecule has 0 heterocycles. The molecule has 0 spiro atoms. The van der Waals surface area contributed by atoms with Crippen LogP contribution in [0.25, 0.3) is 0 Å². The van der Waals surface area contributed by atoms with E-state index in [9.17, 15) is 13.2 Å². The van der Waals surface area contributed by atoms with Gasteiger partial charge >= 0.3 is 0 Å². The zero-order valence-corrected chi connectivity index (χ0v) is 17.2. The Labute approximate surface area is 171 Å². The van der Waals surface area contributed by atoms with Crippen LogP contribution in [0.1, 0.15) is 34.3 Å². The van der Waals surface area contributed by atoms with Crippen molar-refractivity contribution in [3.63, 3.8) is 0 Å². The third-order valence-electron chi connectivity index (χ3n) is 4.72. The largest absolute Gasteiger partial charge is 0.351 e. The van der Waals surface area contributed by atoms with Crippen LogP contribution in [0.3, 0.4) is 0 Å². The SMILES string of the molecule is Cc1cc(C(=O)NC[C@@H](C)c2ccccc2)ccc1NS(=O)(=O)c1ccccc1. The van der Waals surface area contributed by atoms with E-state index in [0.29, 0.717) is 23.4 Å². The van der Waals surface area contributed by atoms with Gasteiger partial charge in [-0.2, -0.15) is 0 Å². The molecule has 0 unspecified atom stereocenters. The molecule has 29 heavy (non-hydrogen) atoms. The van der Waals surface area contributed by atoms with Gasteiger partial charge in [-0.15, -0.1) is 0 Å². The van der Waals surface area contributed by atoms with Crippen molar-refractivity contribution < 1.29 is 13.2 Å². The number of carbonyl (C=O) groups excluding carboxylic acids is 1. The highest BCUT2D eigenvalue weighted by Crippen LogP contribution is 2.21. The number of aryl methyl sites for hydroxylation is 1.